The Morgan fingerprint density at radius 2 is 1.67 bits per heavy atom. The van der Waals surface area contributed by atoms with E-state index < -0.39 is 0 Å². The van der Waals surface area contributed by atoms with Gasteiger partial charge in [0.1, 0.15) is 22.8 Å². The summed E-state index contributed by atoms with van der Waals surface area (Å²) >= 11 is 0. The number of aldehydes is 1. The van der Waals surface area contributed by atoms with Gasteiger partial charge in [0.2, 0.25) is 0 Å². The Morgan fingerprint density at radius 3 is 2.29 bits per heavy atom. The van der Waals surface area contributed by atoms with E-state index in [2.05, 4.69) is 0 Å². The van der Waals surface area contributed by atoms with Crippen LogP contribution in [-0.2, 0) is 0 Å². The Morgan fingerprint density at radius 1 is 0.952 bits per heavy atom. The maximum absolute atomic E-state index is 11.2. The molecule has 21 heavy (non-hydrogen) atoms. The number of rotatable bonds is 4. The summed E-state index contributed by atoms with van der Waals surface area (Å²) in [5, 5.41) is 0.775. The maximum atomic E-state index is 11.2. The molecule has 4 nitrogen and oxygen atoms in total. The van der Waals surface area contributed by atoms with Crippen LogP contribution < -0.4 is 9.47 Å². The first-order valence-corrected chi connectivity index (χ1v) is 6.46. The predicted octanol–water partition coefficient (Wildman–Crippen LogP) is 3.93. The van der Waals surface area contributed by atoms with Gasteiger partial charge in [-0.05, 0) is 36.4 Å². The summed E-state index contributed by atoms with van der Waals surface area (Å²) < 4.78 is 16.1. The van der Waals surface area contributed by atoms with Crippen LogP contribution in [0.1, 0.15) is 10.4 Å². The molecule has 0 spiro atoms. The fourth-order valence-electron chi connectivity index (χ4n) is 2.25. The smallest absolute Gasteiger partial charge is 0.150 e. The van der Waals surface area contributed by atoms with Crippen molar-refractivity contribution in [3.8, 4) is 22.8 Å². The molecule has 0 fully saturated rings. The molecule has 3 rings (SSSR count). The topological polar surface area (TPSA) is 48.7 Å². The number of fused-ring (bicyclic) bond motifs is 1. The molecule has 0 N–H and O–H groups in total. The minimum Gasteiger partial charge on any atom is -0.497 e. The summed E-state index contributed by atoms with van der Waals surface area (Å²) in [4.78, 5) is 11.2. The van der Waals surface area contributed by atoms with E-state index in [1.807, 2.05) is 30.3 Å². The van der Waals surface area contributed by atoms with Crippen LogP contribution in [0.4, 0.5) is 0 Å². The molecule has 0 aliphatic heterocycles. The van der Waals surface area contributed by atoms with E-state index in [0.717, 1.165) is 23.0 Å². The molecular weight excluding hydrogens is 268 g/mol. The summed E-state index contributed by atoms with van der Waals surface area (Å²) in [5.41, 5.74) is 2.10. The Bertz CT molecular complexity index is 784. The molecule has 0 bridgehead atoms. The number of hydrogen-bond acceptors (Lipinski definition) is 4. The Balaban J connectivity index is 2.13. The highest BCUT2D eigenvalue weighted by molar-refractivity contribution is 5.98. The zero-order valence-electron chi connectivity index (χ0n) is 11.8. The van der Waals surface area contributed by atoms with E-state index in [1.165, 1.54) is 0 Å². The maximum Gasteiger partial charge on any atom is 0.150 e. The lowest BCUT2D eigenvalue weighted by atomic mass is 10.1. The summed E-state index contributed by atoms with van der Waals surface area (Å²) in [6.45, 7) is 0. The highest BCUT2D eigenvalue weighted by Gasteiger charge is 2.11. The average molecular weight is 282 g/mol. The largest absolute Gasteiger partial charge is 0.497 e. The number of methoxy groups -OCH3 is 2. The molecule has 1 heterocycles. The van der Waals surface area contributed by atoms with Gasteiger partial charge in [-0.3, -0.25) is 4.79 Å². The zero-order chi connectivity index (χ0) is 14.8. The van der Waals surface area contributed by atoms with Crippen molar-refractivity contribution in [2.24, 2.45) is 0 Å². The van der Waals surface area contributed by atoms with E-state index in [-0.39, 0.29) is 0 Å². The van der Waals surface area contributed by atoms with Gasteiger partial charge in [-0.1, -0.05) is 0 Å². The van der Waals surface area contributed by atoms with E-state index in [9.17, 15) is 4.79 Å². The summed E-state index contributed by atoms with van der Waals surface area (Å²) in [5.74, 6) is 2.08. The normalized spacial score (nSPS) is 10.6. The fourth-order valence-corrected chi connectivity index (χ4v) is 2.25. The quantitative estimate of drug-likeness (QED) is 0.680. The van der Waals surface area contributed by atoms with Crippen molar-refractivity contribution >= 4 is 17.3 Å². The minimum absolute atomic E-state index is 0.549. The van der Waals surface area contributed by atoms with Crippen molar-refractivity contribution in [1.82, 2.24) is 0 Å². The van der Waals surface area contributed by atoms with Gasteiger partial charge in [0.25, 0.3) is 0 Å². The second-order valence-electron chi connectivity index (χ2n) is 4.59. The van der Waals surface area contributed by atoms with E-state index in [0.29, 0.717) is 22.7 Å². The van der Waals surface area contributed by atoms with E-state index >= 15 is 0 Å². The zero-order valence-corrected chi connectivity index (χ0v) is 11.8. The minimum atomic E-state index is 0.549. The van der Waals surface area contributed by atoms with Crippen molar-refractivity contribution < 1.29 is 18.7 Å². The first-order chi connectivity index (χ1) is 10.2. The third-order valence-electron chi connectivity index (χ3n) is 3.38. The van der Waals surface area contributed by atoms with Crippen LogP contribution >= 0.6 is 0 Å². The van der Waals surface area contributed by atoms with Gasteiger partial charge in [0.05, 0.1) is 14.2 Å². The summed E-state index contributed by atoms with van der Waals surface area (Å²) in [6.07, 6.45) is 0.804. The molecule has 1 aromatic heterocycles. The molecule has 106 valence electrons. The van der Waals surface area contributed by atoms with Gasteiger partial charge in [-0.2, -0.15) is 0 Å². The second-order valence-corrected chi connectivity index (χ2v) is 4.59. The highest BCUT2D eigenvalue weighted by Crippen LogP contribution is 2.32. The number of carbonyl (C=O) groups excluding carboxylic acids is 1. The lowest BCUT2D eigenvalue weighted by Crippen LogP contribution is -1.86. The molecule has 0 radical (unpaired) electrons. The fraction of sp³-hybridized carbons (Fsp3) is 0.118. The Hall–Kier alpha value is -2.75. The first kappa shape index (κ1) is 13.2. The lowest BCUT2D eigenvalue weighted by molar-refractivity contribution is 0.112. The summed E-state index contributed by atoms with van der Waals surface area (Å²) in [6, 6.07) is 12.9. The molecular formula is C17H14O4. The third kappa shape index (κ3) is 2.36. The molecule has 0 aliphatic carbocycles. The monoisotopic (exact) mass is 282 g/mol. The lowest BCUT2D eigenvalue weighted by Gasteiger charge is -2.00. The molecule has 0 aliphatic rings. The SMILES string of the molecule is COc1ccc(-c2cc3c(C=O)cc(OC)cc3o2)cc1. The van der Waals surface area contributed by atoms with Crippen molar-refractivity contribution in [2.75, 3.05) is 14.2 Å². The van der Waals surface area contributed by atoms with Gasteiger partial charge in [-0.15, -0.1) is 0 Å². The number of furan rings is 1. The van der Waals surface area contributed by atoms with E-state index in [1.54, 1.807) is 26.4 Å². The van der Waals surface area contributed by atoms with Crippen LogP contribution in [0.5, 0.6) is 11.5 Å². The van der Waals surface area contributed by atoms with Crippen LogP contribution in [0.15, 0.2) is 46.9 Å². The molecule has 0 saturated carbocycles. The van der Waals surface area contributed by atoms with Gasteiger partial charge in [-0.25, -0.2) is 0 Å². The number of ether oxygens (including phenoxy) is 2. The van der Waals surface area contributed by atoms with Gasteiger partial charge in [0, 0.05) is 22.6 Å². The van der Waals surface area contributed by atoms with Crippen LogP contribution in [0.25, 0.3) is 22.3 Å². The van der Waals surface area contributed by atoms with E-state index in [4.69, 9.17) is 13.9 Å². The van der Waals surface area contributed by atoms with Crippen molar-refractivity contribution in [3.05, 3.63) is 48.0 Å². The number of benzene rings is 2. The van der Waals surface area contributed by atoms with Gasteiger partial charge < -0.3 is 13.9 Å². The van der Waals surface area contributed by atoms with Gasteiger partial charge >= 0.3 is 0 Å². The molecule has 0 unspecified atom stereocenters. The molecule has 3 aromatic rings. The van der Waals surface area contributed by atoms with Crippen LogP contribution in [0, 0.1) is 0 Å². The van der Waals surface area contributed by atoms with Crippen LogP contribution in [0.3, 0.4) is 0 Å². The molecule has 0 atom stereocenters. The van der Waals surface area contributed by atoms with Crippen molar-refractivity contribution in [1.29, 1.82) is 0 Å². The molecule has 0 amide bonds. The van der Waals surface area contributed by atoms with Crippen LogP contribution in [-0.4, -0.2) is 20.5 Å². The third-order valence-corrected chi connectivity index (χ3v) is 3.38. The number of hydrogen-bond donors (Lipinski definition) is 0. The van der Waals surface area contributed by atoms with Crippen molar-refractivity contribution in [2.45, 2.75) is 0 Å². The Kier molecular flexibility index (Phi) is 3.36. The van der Waals surface area contributed by atoms with Gasteiger partial charge in [0.15, 0.2) is 6.29 Å². The standard InChI is InChI=1S/C17H14O4/c1-19-13-5-3-11(4-6-13)16-9-15-12(10-18)7-14(20-2)8-17(15)21-16/h3-10H,1-2H3. The number of carbonyl (C=O) groups is 1. The molecule has 0 saturated heterocycles. The summed E-state index contributed by atoms with van der Waals surface area (Å²) in [7, 11) is 3.18. The Labute approximate surface area is 121 Å². The molecule has 2 aromatic carbocycles. The van der Waals surface area contributed by atoms with Crippen LogP contribution in [0.2, 0.25) is 0 Å². The highest BCUT2D eigenvalue weighted by atomic mass is 16.5. The first-order valence-electron chi connectivity index (χ1n) is 6.46. The predicted molar refractivity (Wildman–Crippen MR) is 80.1 cm³/mol. The second kappa shape index (κ2) is 5.32. The molecule has 4 heteroatoms. The average Bonchev–Trinajstić information content (AvgIpc) is 2.97. The van der Waals surface area contributed by atoms with Crippen molar-refractivity contribution in [3.63, 3.8) is 0 Å².